The highest BCUT2D eigenvalue weighted by molar-refractivity contribution is 9.10. The van der Waals surface area contributed by atoms with Gasteiger partial charge in [-0.15, -0.1) is 0 Å². The van der Waals surface area contributed by atoms with Crippen LogP contribution < -0.4 is 9.62 Å². The summed E-state index contributed by atoms with van der Waals surface area (Å²) in [7, 11) is -3.75. The molecule has 1 aliphatic carbocycles. The van der Waals surface area contributed by atoms with E-state index in [2.05, 4.69) is 51.3 Å². The van der Waals surface area contributed by atoms with Crippen molar-refractivity contribution in [2.24, 2.45) is 5.92 Å². The highest BCUT2D eigenvalue weighted by Gasteiger charge is 2.39. The van der Waals surface area contributed by atoms with E-state index in [9.17, 15) is 13.2 Å². The minimum atomic E-state index is -3.75. The Labute approximate surface area is 195 Å². The number of hydrogen-bond acceptors (Lipinski definition) is 5. The molecule has 174 valence electrons. The molecule has 1 amide bonds. The molecular formula is C23H36BrN3O3S. The summed E-state index contributed by atoms with van der Waals surface area (Å²) in [6.07, 6.45) is 9.69. The monoisotopic (exact) mass is 513 g/mol. The highest BCUT2D eigenvalue weighted by atomic mass is 79.9. The minimum absolute atomic E-state index is 0.155. The molecule has 1 atom stereocenters. The number of rotatable bonds is 4. The number of sulfonamides is 1. The number of pyridine rings is 1. The summed E-state index contributed by atoms with van der Waals surface area (Å²) in [4.78, 5) is 19.9. The van der Waals surface area contributed by atoms with Crippen molar-refractivity contribution >= 4 is 37.7 Å². The Bertz CT molecular complexity index is 878. The summed E-state index contributed by atoms with van der Waals surface area (Å²) < 4.78 is 29.3. The second-order valence-electron chi connectivity index (χ2n) is 9.89. The molecule has 31 heavy (non-hydrogen) atoms. The van der Waals surface area contributed by atoms with Crippen molar-refractivity contribution in [3.8, 4) is 0 Å². The van der Waals surface area contributed by atoms with E-state index in [0.29, 0.717) is 34.7 Å². The predicted molar refractivity (Wildman–Crippen MR) is 129 cm³/mol. The third-order valence-electron chi connectivity index (χ3n) is 6.64. The lowest BCUT2D eigenvalue weighted by Crippen LogP contribution is -2.42. The van der Waals surface area contributed by atoms with Crippen LogP contribution in [0.25, 0.3) is 0 Å². The van der Waals surface area contributed by atoms with E-state index in [0.717, 1.165) is 51.5 Å². The van der Waals surface area contributed by atoms with Gasteiger partial charge in [0.1, 0.15) is 10.4 Å². The summed E-state index contributed by atoms with van der Waals surface area (Å²) in [5, 5.41) is -0.510. The van der Waals surface area contributed by atoms with Gasteiger partial charge in [0.25, 0.3) is 5.91 Å². The SMILES string of the molecule is C[C@@H]1CN(c2nc(Br)ccc2C(=O)NS(=O)(=O)C2CCCCCCCCC2)C(C)(C)C1. The van der Waals surface area contributed by atoms with Crippen LogP contribution in [0.2, 0.25) is 0 Å². The van der Waals surface area contributed by atoms with E-state index in [1.807, 2.05) is 0 Å². The highest BCUT2D eigenvalue weighted by Crippen LogP contribution is 2.38. The fourth-order valence-electron chi connectivity index (χ4n) is 5.12. The smallest absolute Gasteiger partial charge is 0.268 e. The minimum Gasteiger partial charge on any atom is -0.351 e. The zero-order valence-electron chi connectivity index (χ0n) is 19.0. The fraction of sp³-hybridized carbons (Fsp3) is 0.739. The van der Waals surface area contributed by atoms with E-state index in [1.165, 1.54) is 6.42 Å². The van der Waals surface area contributed by atoms with Gasteiger partial charge < -0.3 is 4.90 Å². The van der Waals surface area contributed by atoms with Crippen LogP contribution in [-0.2, 0) is 10.0 Å². The maximum Gasteiger partial charge on any atom is 0.268 e. The molecule has 0 radical (unpaired) electrons. The molecule has 0 aromatic carbocycles. The molecule has 0 spiro atoms. The number of nitrogens with one attached hydrogen (secondary N) is 1. The van der Waals surface area contributed by atoms with Gasteiger partial charge in [-0.2, -0.15) is 0 Å². The number of anilines is 1. The van der Waals surface area contributed by atoms with Crippen LogP contribution in [0, 0.1) is 5.92 Å². The van der Waals surface area contributed by atoms with Crippen molar-refractivity contribution in [3.05, 3.63) is 22.3 Å². The number of carbonyl (C=O) groups is 1. The second kappa shape index (κ2) is 10.2. The average molecular weight is 515 g/mol. The molecule has 1 aliphatic heterocycles. The first-order valence-corrected chi connectivity index (χ1v) is 13.9. The molecule has 1 saturated carbocycles. The third kappa shape index (κ3) is 6.21. The van der Waals surface area contributed by atoms with Gasteiger partial charge in [-0.25, -0.2) is 18.1 Å². The van der Waals surface area contributed by atoms with Crippen molar-refractivity contribution < 1.29 is 13.2 Å². The lowest BCUT2D eigenvalue weighted by atomic mass is 9.97. The number of aromatic nitrogens is 1. The van der Waals surface area contributed by atoms with E-state index >= 15 is 0 Å². The number of nitrogens with zero attached hydrogens (tertiary/aromatic N) is 2. The molecule has 3 rings (SSSR count). The molecule has 1 saturated heterocycles. The van der Waals surface area contributed by atoms with Crippen LogP contribution in [0.15, 0.2) is 16.7 Å². The van der Waals surface area contributed by atoms with Crippen LogP contribution in [0.5, 0.6) is 0 Å². The zero-order valence-corrected chi connectivity index (χ0v) is 21.4. The van der Waals surface area contributed by atoms with Gasteiger partial charge in [0.2, 0.25) is 10.0 Å². The maximum atomic E-state index is 13.2. The van der Waals surface area contributed by atoms with E-state index in [4.69, 9.17) is 0 Å². The molecule has 0 bridgehead atoms. The van der Waals surface area contributed by atoms with Crippen LogP contribution >= 0.6 is 15.9 Å². The zero-order chi connectivity index (χ0) is 22.6. The fourth-order valence-corrected chi connectivity index (χ4v) is 6.91. The van der Waals surface area contributed by atoms with E-state index < -0.39 is 21.2 Å². The molecule has 1 aromatic rings. The van der Waals surface area contributed by atoms with Gasteiger partial charge in [0.05, 0.1) is 10.8 Å². The number of halogens is 1. The van der Waals surface area contributed by atoms with Gasteiger partial charge in [0.15, 0.2) is 0 Å². The van der Waals surface area contributed by atoms with Gasteiger partial charge >= 0.3 is 0 Å². The molecule has 2 aliphatic rings. The Morgan fingerprint density at radius 2 is 1.68 bits per heavy atom. The summed E-state index contributed by atoms with van der Waals surface area (Å²) in [6, 6.07) is 3.37. The molecule has 1 N–H and O–H groups in total. The maximum absolute atomic E-state index is 13.2. The molecule has 2 heterocycles. The predicted octanol–water partition coefficient (Wildman–Crippen LogP) is 5.42. The Hall–Kier alpha value is -1.15. The van der Waals surface area contributed by atoms with Crippen molar-refractivity contribution in [1.29, 1.82) is 0 Å². The summed E-state index contributed by atoms with van der Waals surface area (Å²) in [5.74, 6) is 0.434. The molecule has 8 heteroatoms. The van der Waals surface area contributed by atoms with E-state index in [1.54, 1.807) is 12.1 Å². The van der Waals surface area contributed by atoms with E-state index in [-0.39, 0.29) is 5.54 Å². The van der Waals surface area contributed by atoms with Crippen LogP contribution in [0.3, 0.4) is 0 Å². The quantitative estimate of drug-likeness (QED) is 0.543. The van der Waals surface area contributed by atoms with Gasteiger partial charge in [-0.1, -0.05) is 51.9 Å². The van der Waals surface area contributed by atoms with Gasteiger partial charge in [0, 0.05) is 12.1 Å². The molecule has 6 nitrogen and oxygen atoms in total. The molecule has 0 unspecified atom stereocenters. The average Bonchev–Trinajstić information content (AvgIpc) is 2.97. The first-order chi connectivity index (χ1) is 14.6. The lowest BCUT2D eigenvalue weighted by Gasteiger charge is -2.33. The Morgan fingerprint density at radius 1 is 1.10 bits per heavy atom. The normalized spacial score (nSPS) is 23.5. The third-order valence-corrected chi connectivity index (χ3v) is 8.90. The summed E-state index contributed by atoms with van der Waals surface area (Å²) in [6.45, 7) is 7.24. The van der Waals surface area contributed by atoms with Crippen molar-refractivity contribution in [3.63, 3.8) is 0 Å². The molecular weight excluding hydrogens is 478 g/mol. The Morgan fingerprint density at radius 3 is 2.23 bits per heavy atom. The lowest BCUT2D eigenvalue weighted by molar-refractivity contribution is 0.0981. The first-order valence-electron chi connectivity index (χ1n) is 11.6. The summed E-state index contributed by atoms with van der Waals surface area (Å²) >= 11 is 3.41. The molecule has 1 aromatic heterocycles. The van der Waals surface area contributed by atoms with Crippen LogP contribution in [0.4, 0.5) is 5.82 Å². The summed E-state index contributed by atoms with van der Waals surface area (Å²) in [5.41, 5.74) is 0.158. The largest absolute Gasteiger partial charge is 0.351 e. The number of amides is 1. The standard InChI is InChI=1S/C23H36BrN3O3S/c1-17-15-23(2,3)27(16-17)21-19(13-14-20(24)25-21)22(28)26-31(29,30)18-11-9-7-5-4-6-8-10-12-18/h13-14,17-18H,4-12,15-16H2,1-3H3,(H,26,28)/t17-/m0/s1. The van der Waals surface area contributed by atoms with Crippen molar-refractivity contribution in [2.75, 3.05) is 11.4 Å². The van der Waals surface area contributed by atoms with Gasteiger partial charge in [-0.05, 0) is 67.1 Å². The van der Waals surface area contributed by atoms with Gasteiger partial charge in [-0.3, -0.25) is 4.79 Å². The topological polar surface area (TPSA) is 79.4 Å². The first kappa shape index (κ1) is 24.5. The molecule has 2 fully saturated rings. The van der Waals surface area contributed by atoms with Crippen LogP contribution in [0.1, 0.15) is 95.3 Å². The Balaban J connectivity index is 1.82. The van der Waals surface area contributed by atoms with Crippen molar-refractivity contribution in [1.82, 2.24) is 9.71 Å². The Kier molecular flexibility index (Phi) is 8.05. The second-order valence-corrected chi connectivity index (χ2v) is 12.7. The van der Waals surface area contributed by atoms with Crippen molar-refractivity contribution in [2.45, 2.75) is 95.8 Å². The van der Waals surface area contributed by atoms with Crippen LogP contribution in [-0.4, -0.2) is 36.6 Å². The number of carbonyl (C=O) groups excluding carboxylic acids is 1. The number of hydrogen-bond donors (Lipinski definition) is 1.